The highest BCUT2D eigenvalue weighted by Crippen LogP contribution is 2.16. The normalized spacial score (nSPS) is 9.67. The first-order chi connectivity index (χ1) is 10.1. The van der Waals surface area contributed by atoms with Crippen LogP contribution in [-0.2, 0) is 0 Å². The van der Waals surface area contributed by atoms with Gasteiger partial charge in [-0.3, -0.25) is 4.79 Å². The standard InChI is InChI=1S/C16H11ClFNO2/c17-12-5-8-14(15(18)10-12)16(21)19-13-6-3-11(4-7-13)2-1-9-20/h3-8,10,20H,9H2,(H,19,21). The predicted molar refractivity (Wildman–Crippen MR) is 79.8 cm³/mol. The maximum atomic E-state index is 13.6. The SMILES string of the molecule is O=C(Nc1ccc(C#CCO)cc1)c1ccc(Cl)cc1F. The van der Waals surface area contributed by atoms with Crippen LogP contribution in [0.3, 0.4) is 0 Å². The van der Waals surface area contributed by atoms with Gasteiger partial charge in [-0.1, -0.05) is 23.4 Å². The van der Waals surface area contributed by atoms with E-state index in [0.29, 0.717) is 11.3 Å². The molecule has 2 N–H and O–H groups in total. The zero-order valence-electron chi connectivity index (χ0n) is 10.9. The molecule has 0 radical (unpaired) electrons. The second kappa shape index (κ2) is 6.89. The van der Waals surface area contributed by atoms with Crippen LogP contribution in [-0.4, -0.2) is 17.6 Å². The monoisotopic (exact) mass is 303 g/mol. The van der Waals surface area contributed by atoms with Crippen molar-refractivity contribution in [2.75, 3.05) is 11.9 Å². The predicted octanol–water partition coefficient (Wildman–Crippen LogP) is 3.08. The first-order valence-electron chi connectivity index (χ1n) is 6.06. The number of hydrogen-bond donors (Lipinski definition) is 2. The summed E-state index contributed by atoms with van der Waals surface area (Å²) in [5.41, 5.74) is 1.15. The van der Waals surface area contributed by atoms with E-state index in [1.165, 1.54) is 12.1 Å². The van der Waals surface area contributed by atoms with Crippen LogP contribution in [0.2, 0.25) is 5.02 Å². The summed E-state index contributed by atoms with van der Waals surface area (Å²) < 4.78 is 13.6. The largest absolute Gasteiger partial charge is 0.384 e. The lowest BCUT2D eigenvalue weighted by Crippen LogP contribution is -2.13. The van der Waals surface area contributed by atoms with Gasteiger partial charge in [0.2, 0.25) is 0 Å². The van der Waals surface area contributed by atoms with Crippen molar-refractivity contribution in [2.24, 2.45) is 0 Å². The zero-order valence-corrected chi connectivity index (χ0v) is 11.6. The van der Waals surface area contributed by atoms with Crippen molar-refractivity contribution in [3.8, 4) is 11.8 Å². The Morgan fingerprint density at radius 2 is 1.95 bits per heavy atom. The number of aliphatic hydroxyl groups is 1. The first-order valence-corrected chi connectivity index (χ1v) is 6.44. The first kappa shape index (κ1) is 15.0. The molecule has 0 unspecified atom stereocenters. The van der Waals surface area contributed by atoms with Crippen LogP contribution in [0.15, 0.2) is 42.5 Å². The lowest BCUT2D eigenvalue weighted by Gasteiger charge is -2.06. The van der Waals surface area contributed by atoms with Crippen LogP contribution in [0.25, 0.3) is 0 Å². The van der Waals surface area contributed by atoms with E-state index < -0.39 is 11.7 Å². The van der Waals surface area contributed by atoms with E-state index in [-0.39, 0.29) is 17.2 Å². The van der Waals surface area contributed by atoms with Crippen molar-refractivity contribution in [1.29, 1.82) is 0 Å². The van der Waals surface area contributed by atoms with E-state index >= 15 is 0 Å². The zero-order chi connectivity index (χ0) is 15.2. The fourth-order valence-electron chi connectivity index (χ4n) is 1.65. The van der Waals surface area contributed by atoms with Crippen LogP contribution in [0.4, 0.5) is 10.1 Å². The molecule has 0 fully saturated rings. The molecule has 0 bridgehead atoms. The van der Waals surface area contributed by atoms with Crippen LogP contribution in [0, 0.1) is 17.7 Å². The molecule has 0 aliphatic rings. The number of nitrogens with one attached hydrogen (secondary N) is 1. The summed E-state index contributed by atoms with van der Waals surface area (Å²) in [5.74, 6) is 4.02. The van der Waals surface area contributed by atoms with E-state index in [1.807, 2.05) is 0 Å². The number of halogens is 2. The molecule has 2 aromatic carbocycles. The van der Waals surface area contributed by atoms with Gasteiger partial charge in [0.1, 0.15) is 12.4 Å². The quantitative estimate of drug-likeness (QED) is 0.838. The Bertz CT molecular complexity index is 717. The fraction of sp³-hybridized carbons (Fsp3) is 0.0625. The van der Waals surface area contributed by atoms with Crippen molar-refractivity contribution in [3.63, 3.8) is 0 Å². The van der Waals surface area contributed by atoms with Gasteiger partial charge < -0.3 is 10.4 Å². The van der Waals surface area contributed by atoms with E-state index in [2.05, 4.69) is 17.2 Å². The van der Waals surface area contributed by atoms with Gasteiger partial charge in [-0.2, -0.15) is 0 Å². The van der Waals surface area contributed by atoms with Crippen LogP contribution < -0.4 is 5.32 Å². The molecule has 21 heavy (non-hydrogen) atoms. The smallest absolute Gasteiger partial charge is 0.258 e. The van der Waals surface area contributed by atoms with Gasteiger partial charge in [-0.05, 0) is 42.5 Å². The topological polar surface area (TPSA) is 49.3 Å². The van der Waals surface area contributed by atoms with Crippen molar-refractivity contribution < 1.29 is 14.3 Å². The van der Waals surface area contributed by atoms with Gasteiger partial charge in [0.15, 0.2) is 0 Å². The average Bonchev–Trinajstić information content (AvgIpc) is 2.46. The molecule has 5 heteroatoms. The van der Waals surface area contributed by atoms with E-state index in [4.69, 9.17) is 16.7 Å². The minimum atomic E-state index is -0.676. The van der Waals surface area contributed by atoms with Gasteiger partial charge in [-0.25, -0.2) is 4.39 Å². The molecular formula is C16H11ClFNO2. The molecule has 0 heterocycles. The Labute approximate surface area is 126 Å². The van der Waals surface area contributed by atoms with Gasteiger partial charge in [0.25, 0.3) is 5.91 Å². The number of anilines is 1. The maximum Gasteiger partial charge on any atom is 0.258 e. The number of benzene rings is 2. The maximum absolute atomic E-state index is 13.6. The average molecular weight is 304 g/mol. The van der Waals surface area contributed by atoms with Crippen molar-refractivity contribution in [3.05, 3.63) is 64.4 Å². The molecule has 0 saturated carbocycles. The van der Waals surface area contributed by atoms with Crippen molar-refractivity contribution >= 4 is 23.2 Å². The molecule has 0 saturated heterocycles. The van der Waals surface area contributed by atoms with Gasteiger partial charge in [0.05, 0.1) is 5.56 Å². The Kier molecular flexibility index (Phi) is 4.94. The third kappa shape index (κ3) is 4.06. The van der Waals surface area contributed by atoms with Gasteiger partial charge >= 0.3 is 0 Å². The minimum Gasteiger partial charge on any atom is -0.384 e. The molecule has 1 amide bonds. The third-order valence-electron chi connectivity index (χ3n) is 2.63. The third-order valence-corrected chi connectivity index (χ3v) is 2.87. The summed E-state index contributed by atoms with van der Waals surface area (Å²) in [6.07, 6.45) is 0. The molecular weight excluding hydrogens is 293 g/mol. The van der Waals surface area contributed by atoms with Crippen molar-refractivity contribution in [2.45, 2.75) is 0 Å². The van der Waals surface area contributed by atoms with E-state index in [0.717, 1.165) is 6.07 Å². The molecule has 0 spiro atoms. The van der Waals surface area contributed by atoms with Gasteiger partial charge in [0, 0.05) is 16.3 Å². The molecule has 106 valence electrons. The molecule has 0 atom stereocenters. The number of amides is 1. The minimum absolute atomic E-state index is 0.0800. The molecule has 0 aliphatic carbocycles. The van der Waals surface area contributed by atoms with Crippen LogP contribution >= 0.6 is 11.6 Å². The van der Waals surface area contributed by atoms with Gasteiger partial charge in [-0.15, -0.1) is 0 Å². The lowest BCUT2D eigenvalue weighted by atomic mass is 10.1. The summed E-state index contributed by atoms with van der Waals surface area (Å²) >= 11 is 5.64. The molecule has 0 aliphatic heterocycles. The number of carbonyl (C=O) groups excluding carboxylic acids is 1. The fourth-order valence-corrected chi connectivity index (χ4v) is 1.81. The number of carbonyl (C=O) groups is 1. The Hall–Kier alpha value is -2.35. The van der Waals surface area contributed by atoms with Crippen LogP contribution in [0.5, 0.6) is 0 Å². The Morgan fingerprint density at radius 3 is 2.57 bits per heavy atom. The van der Waals surface area contributed by atoms with E-state index in [1.54, 1.807) is 24.3 Å². The summed E-state index contributed by atoms with van der Waals surface area (Å²) in [6.45, 7) is -0.214. The second-order valence-electron chi connectivity index (χ2n) is 4.12. The number of aliphatic hydroxyl groups excluding tert-OH is 1. The Morgan fingerprint density at radius 1 is 1.24 bits per heavy atom. The summed E-state index contributed by atoms with van der Waals surface area (Å²) in [6, 6.07) is 10.5. The summed E-state index contributed by atoms with van der Waals surface area (Å²) in [4.78, 5) is 11.9. The van der Waals surface area contributed by atoms with Crippen molar-refractivity contribution in [1.82, 2.24) is 0 Å². The summed E-state index contributed by atoms with van der Waals surface area (Å²) in [5, 5.41) is 11.4. The lowest BCUT2D eigenvalue weighted by molar-refractivity contribution is 0.102. The highest BCUT2D eigenvalue weighted by molar-refractivity contribution is 6.30. The number of hydrogen-bond acceptors (Lipinski definition) is 2. The second-order valence-corrected chi connectivity index (χ2v) is 4.55. The molecule has 2 aromatic rings. The molecule has 2 rings (SSSR count). The highest BCUT2D eigenvalue weighted by Gasteiger charge is 2.12. The summed E-state index contributed by atoms with van der Waals surface area (Å²) in [7, 11) is 0. The van der Waals surface area contributed by atoms with E-state index in [9.17, 15) is 9.18 Å². The number of rotatable bonds is 2. The van der Waals surface area contributed by atoms with Crippen LogP contribution in [0.1, 0.15) is 15.9 Å². The Balaban J connectivity index is 2.12. The highest BCUT2D eigenvalue weighted by atomic mass is 35.5. The molecule has 3 nitrogen and oxygen atoms in total. The molecule has 0 aromatic heterocycles.